The molecule has 0 saturated heterocycles. The van der Waals surface area contributed by atoms with E-state index in [0.717, 1.165) is 12.1 Å². The first-order valence-electron chi connectivity index (χ1n) is 6.31. The maximum Gasteiger partial charge on any atom is 0.243 e. The van der Waals surface area contributed by atoms with E-state index in [2.05, 4.69) is 9.82 Å². The predicted octanol–water partition coefficient (Wildman–Crippen LogP) is 1.97. The summed E-state index contributed by atoms with van der Waals surface area (Å²) in [6, 6.07) is 2.30. The Labute approximate surface area is 121 Å². The fourth-order valence-electron chi connectivity index (χ4n) is 1.83. The zero-order valence-electron chi connectivity index (χ0n) is 11.6. The van der Waals surface area contributed by atoms with Gasteiger partial charge in [0.2, 0.25) is 10.0 Å². The second-order valence-electron chi connectivity index (χ2n) is 4.49. The lowest BCUT2D eigenvalue weighted by molar-refractivity contribution is 0.545. The molecule has 0 aliphatic rings. The number of benzene rings is 1. The molecule has 2 rings (SSSR count). The Hall–Kier alpha value is -1.80. The largest absolute Gasteiger partial charge is 0.272 e. The van der Waals surface area contributed by atoms with Crippen molar-refractivity contribution in [3.05, 3.63) is 47.3 Å². The Balaban J connectivity index is 2.21. The molecule has 21 heavy (non-hydrogen) atoms. The number of nitrogens with zero attached hydrogens (tertiary/aromatic N) is 2. The summed E-state index contributed by atoms with van der Waals surface area (Å²) < 4.78 is 54.6. The van der Waals surface area contributed by atoms with Crippen LogP contribution in [0.5, 0.6) is 0 Å². The van der Waals surface area contributed by atoms with Crippen molar-refractivity contribution in [2.75, 3.05) is 0 Å². The van der Waals surface area contributed by atoms with Gasteiger partial charge in [-0.1, -0.05) is 0 Å². The fraction of sp³-hybridized carbons (Fsp3) is 0.308. The lowest BCUT2D eigenvalue weighted by Gasteiger charge is -2.07. The molecule has 1 N–H and O–H groups in total. The third kappa shape index (κ3) is 3.45. The summed E-state index contributed by atoms with van der Waals surface area (Å²) in [7, 11) is -4.13. The minimum absolute atomic E-state index is 0.0376. The van der Waals surface area contributed by atoms with Gasteiger partial charge in [0.1, 0.15) is 16.5 Å². The molecular weight excluding hydrogens is 300 g/mol. The van der Waals surface area contributed by atoms with Crippen LogP contribution in [-0.2, 0) is 23.1 Å². The minimum Gasteiger partial charge on any atom is -0.272 e. The maximum absolute atomic E-state index is 13.5. The van der Waals surface area contributed by atoms with E-state index >= 15 is 0 Å². The molecule has 8 heteroatoms. The Bertz CT molecular complexity index is 757. The molecule has 1 heterocycles. The highest BCUT2D eigenvalue weighted by Gasteiger charge is 2.20. The first-order chi connectivity index (χ1) is 9.83. The third-order valence-electron chi connectivity index (χ3n) is 3.01. The van der Waals surface area contributed by atoms with Crippen LogP contribution in [0.2, 0.25) is 0 Å². The SMILES string of the molecule is CCn1cc(CNS(=O)(=O)c2cc(F)ccc2F)c(C)n1. The summed E-state index contributed by atoms with van der Waals surface area (Å²) >= 11 is 0. The summed E-state index contributed by atoms with van der Waals surface area (Å²) in [4.78, 5) is -0.706. The summed E-state index contributed by atoms with van der Waals surface area (Å²) in [5.41, 5.74) is 1.36. The number of hydrogen-bond acceptors (Lipinski definition) is 3. The van der Waals surface area contributed by atoms with Gasteiger partial charge in [-0.05, 0) is 32.0 Å². The molecule has 0 amide bonds. The van der Waals surface area contributed by atoms with E-state index in [1.807, 2.05) is 6.92 Å². The van der Waals surface area contributed by atoms with Gasteiger partial charge in [-0.2, -0.15) is 5.10 Å². The van der Waals surface area contributed by atoms with E-state index in [1.54, 1.807) is 17.8 Å². The van der Waals surface area contributed by atoms with Crippen LogP contribution in [0.25, 0.3) is 0 Å². The van der Waals surface area contributed by atoms with Gasteiger partial charge >= 0.3 is 0 Å². The zero-order chi connectivity index (χ0) is 15.6. The van der Waals surface area contributed by atoms with E-state index < -0.39 is 26.6 Å². The Kier molecular flexibility index (Phi) is 4.38. The number of aryl methyl sites for hydroxylation is 2. The molecule has 0 spiro atoms. The normalized spacial score (nSPS) is 11.8. The number of aromatic nitrogens is 2. The Morgan fingerprint density at radius 1 is 1.33 bits per heavy atom. The average molecular weight is 315 g/mol. The summed E-state index contributed by atoms with van der Waals surface area (Å²) in [5, 5.41) is 4.18. The van der Waals surface area contributed by atoms with Crippen LogP contribution in [0.3, 0.4) is 0 Å². The van der Waals surface area contributed by atoms with Crippen LogP contribution in [0.15, 0.2) is 29.3 Å². The van der Waals surface area contributed by atoms with Crippen molar-refractivity contribution in [3.8, 4) is 0 Å². The van der Waals surface area contributed by atoms with Gasteiger partial charge in [0.25, 0.3) is 0 Å². The lowest BCUT2D eigenvalue weighted by Crippen LogP contribution is -2.24. The molecule has 114 valence electrons. The standard InChI is InChI=1S/C13H15F2N3O2S/c1-3-18-8-10(9(2)17-18)7-16-21(19,20)13-6-11(14)4-5-12(13)15/h4-6,8,16H,3,7H2,1-2H3. The smallest absolute Gasteiger partial charge is 0.243 e. The molecule has 0 fully saturated rings. The Morgan fingerprint density at radius 3 is 2.67 bits per heavy atom. The van der Waals surface area contributed by atoms with Crippen molar-refractivity contribution >= 4 is 10.0 Å². The highest BCUT2D eigenvalue weighted by Crippen LogP contribution is 2.16. The van der Waals surface area contributed by atoms with Gasteiger partial charge in [-0.15, -0.1) is 0 Å². The van der Waals surface area contributed by atoms with E-state index in [4.69, 9.17) is 0 Å². The summed E-state index contributed by atoms with van der Waals surface area (Å²) in [6.45, 7) is 4.28. The third-order valence-corrected chi connectivity index (χ3v) is 4.42. The summed E-state index contributed by atoms with van der Waals surface area (Å²) in [6.07, 6.45) is 1.71. The highest BCUT2D eigenvalue weighted by atomic mass is 32.2. The number of hydrogen-bond donors (Lipinski definition) is 1. The van der Waals surface area contributed by atoms with Crippen molar-refractivity contribution < 1.29 is 17.2 Å². The number of halogens is 2. The van der Waals surface area contributed by atoms with Gasteiger partial charge in [0.15, 0.2) is 0 Å². The van der Waals surface area contributed by atoms with Gasteiger partial charge in [-0.25, -0.2) is 21.9 Å². The molecule has 0 aliphatic heterocycles. The van der Waals surface area contributed by atoms with Crippen LogP contribution in [-0.4, -0.2) is 18.2 Å². The molecule has 0 atom stereocenters. The lowest BCUT2D eigenvalue weighted by atomic mass is 10.3. The van der Waals surface area contributed by atoms with Crippen LogP contribution in [0.4, 0.5) is 8.78 Å². The number of rotatable bonds is 5. The Morgan fingerprint density at radius 2 is 2.05 bits per heavy atom. The van der Waals surface area contributed by atoms with Gasteiger partial charge < -0.3 is 0 Å². The minimum atomic E-state index is -4.13. The van der Waals surface area contributed by atoms with Crippen molar-refractivity contribution in [3.63, 3.8) is 0 Å². The van der Waals surface area contributed by atoms with Crippen molar-refractivity contribution in [1.82, 2.24) is 14.5 Å². The van der Waals surface area contributed by atoms with E-state index in [1.165, 1.54) is 0 Å². The molecular formula is C13H15F2N3O2S. The molecule has 1 aromatic carbocycles. The van der Waals surface area contributed by atoms with Gasteiger partial charge in [0.05, 0.1) is 5.69 Å². The van der Waals surface area contributed by atoms with Gasteiger partial charge in [-0.3, -0.25) is 4.68 Å². The van der Waals surface area contributed by atoms with Gasteiger partial charge in [0, 0.05) is 24.8 Å². The maximum atomic E-state index is 13.5. The topological polar surface area (TPSA) is 64.0 Å². The second kappa shape index (κ2) is 5.90. The van der Waals surface area contributed by atoms with E-state index in [-0.39, 0.29) is 6.54 Å². The second-order valence-corrected chi connectivity index (χ2v) is 6.23. The molecule has 0 unspecified atom stereocenters. The van der Waals surface area contributed by atoms with E-state index in [9.17, 15) is 17.2 Å². The van der Waals surface area contributed by atoms with Crippen molar-refractivity contribution in [2.45, 2.75) is 31.8 Å². The molecule has 1 aromatic heterocycles. The molecule has 0 radical (unpaired) electrons. The quantitative estimate of drug-likeness (QED) is 0.917. The average Bonchev–Trinajstić information content (AvgIpc) is 2.80. The van der Waals surface area contributed by atoms with E-state index in [0.29, 0.717) is 23.9 Å². The highest BCUT2D eigenvalue weighted by molar-refractivity contribution is 7.89. The number of nitrogens with one attached hydrogen (secondary N) is 1. The predicted molar refractivity (Wildman–Crippen MR) is 73.0 cm³/mol. The summed E-state index contributed by atoms with van der Waals surface area (Å²) in [5.74, 6) is -1.81. The van der Waals surface area contributed by atoms with Crippen molar-refractivity contribution in [2.24, 2.45) is 0 Å². The van der Waals surface area contributed by atoms with Crippen LogP contribution in [0.1, 0.15) is 18.2 Å². The van der Waals surface area contributed by atoms with Crippen LogP contribution >= 0.6 is 0 Å². The monoisotopic (exact) mass is 315 g/mol. The molecule has 0 aliphatic carbocycles. The first kappa shape index (κ1) is 15.6. The van der Waals surface area contributed by atoms with Crippen molar-refractivity contribution in [1.29, 1.82) is 0 Å². The van der Waals surface area contributed by atoms with Crippen LogP contribution in [0, 0.1) is 18.6 Å². The fourth-order valence-corrected chi connectivity index (χ4v) is 2.92. The first-order valence-corrected chi connectivity index (χ1v) is 7.79. The molecule has 0 saturated carbocycles. The molecule has 5 nitrogen and oxygen atoms in total. The molecule has 2 aromatic rings. The zero-order valence-corrected chi connectivity index (χ0v) is 12.4. The van der Waals surface area contributed by atoms with Crippen LogP contribution < -0.4 is 4.72 Å². The number of sulfonamides is 1. The molecule has 0 bridgehead atoms.